The summed E-state index contributed by atoms with van der Waals surface area (Å²) in [6.07, 6.45) is 2.09. The summed E-state index contributed by atoms with van der Waals surface area (Å²) in [6.45, 7) is 2.60. The van der Waals surface area contributed by atoms with Gasteiger partial charge in [0, 0.05) is 19.4 Å². The summed E-state index contributed by atoms with van der Waals surface area (Å²) in [5.41, 5.74) is 2.82. The Labute approximate surface area is 182 Å². The maximum atomic E-state index is 12.1. The summed E-state index contributed by atoms with van der Waals surface area (Å²) in [4.78, 5) is 35.3. The molecule has 2 amide bonds. The van der Waals surface area contributed by atoms with E-state index in [0.29, 0.717) is 19.4 Å². The third kappa shape index (κ3) is 9.33. The highest BCUT2D eigenvalue weighted by molar-refractivity contribution is 5.83. The van der Waals surface area contributed by atoms with E-state index in [-0.39, 0.29) is 25.4 Å². The smallest absolute Gasteiger partial charge is 0.407 e. The highest BCUT2D eigenvalue weighted by Gasteiger charge is 2.20. The van der Waals surface area contributed by atoms with E-state index < -0.39 is 18.1 Å². The van der Waals surface area contributed by atoms with Gasteiger partial charge in [-0.25, -0.2) is 9.59 Å². The van der Waals surface area contributed by atoms with Gasteiger partial charge >= 0.3 is 12.1 Å². The predicted molar refractivity (Wildman–Crippen MR) is 118 cm³/mol. The summed E-state index contributed by atoms with van der Waals surface area (Å²) >= 11 is 0. The molecule has 0 aromatic heterocycles. The molecular weight excluding hydrogens is 396 g/mol. The van der Waals surface area contributed by atoms with Gasteiger partial charge in [0.25, 0.3) is 0 Å². The average Bonchev–Trinajstić information content (AvgIpc) is 2.76. The number of aryl methyl sites for hydroxylation is 1. The second-order valence-electron chi connectivity index (χ2n) is 7.39. The van der Waals surface area contributed by atoms with E-state index in [1.807, 2.05) is 61.5 Å². The number of nitrogens with one attached hydrogen (secondary N) is 2. The van der Waals surface area contributed by atoms with Gasteiger partial charge in [0.2, 0.25) is 5.91 Å². The number of carboxylic acid groups (broad SMARTS) is 1. The Morgan fingerprint density at radius 3 is 2.39 bits per heavy atom. The van der Waals surface area contributed by atoms with Crippen molar-refractivity contribution in [1.82, 2.24) is 10.6 Å². The minimum atomic E-state index is -1.05. The molecule has 0 saturated heterocycles. The molecule has 0 aliphatic rings. The molecule has 0 aliphatic carbocycles. The Kier molecular flexibility index (Phi) is 10.1. The summed E-state index contributed by atoms with van der Waals surface area (Å²) in [6, 6.07) is 16.0. The molecule has 2 rings (SSSR count). The number of carbonyl (C=O) groups excluding carboxylic acids is 2. The second kappa shape index (κ2) is 13.1. The lowest BCUT2D eigenvalue weighted by molar-refractivity contribution is -0.141. The number of aliphatic carboxylic acids is 1. The Hall–Kier alpha value is -3.35. The van der Waals surface area contributed by atoms with Gasteiger partial charge in [-0.15, -0.1) is 0 Å². The second-order valence-corrected chi connectivity index (χ2v) is 7.39. The largest absolute Gasteiger partial charge is 0.480 e. The first-order valence-electron chi connectivity index (χ1n) is 10.5. The van der Waals surface area contributed by atoms with Gasteiger partial charge in [-0.05, 0) is 36.5 Å². The van der Waals surface area contributed by atoms with Crippen LogP contribution >= 0.6 is 0 Å². The van der Waals surface area contributed by atoms with Crippen LogP contribution < -0.4 is 10.6 Å². The van der Waals surface area contributed by atoms with Crippen molar-refractivity contribution in [3.63, 3.8) is 0 Å². The molecule has 7 nitrogen and oxygen atoms in total. The third-order valence-electron chi connectivity index (χ3n) is 4.88. The Balaban J connectivity index is 1.58. The van der Waals surface area contributed by atoms with E-state index in [0.717, 1.165) is 23.1 Å². The topological polar surface area (TPSA) is 105 Å². The van der Waals surface area contributed by atoms with Gasteiger partial charge in [-0.3, -0.25) is 4.79 Å². The standard InChI is InChI=1S/C24H30N2O5/c1-18-10-7-8-13-20(18)16-21(23(28)29)26-22(27)14-6-3-9-15-25-24(30)31-17-19-11-4-2-5-12-19/h2,4-5,7-8,10-13,21H,3,6,9,14-17H2,1H3,(H,25,30)(H,26,27)(H,28,29)/t21-/m1/s1. The molecule has 0 spiro atoms. The van der Waals surface area contributed by atoms with Gasteiger partial charge in [0.15, 0.2) is 0 Å². The van der Waals surface area contributed by atoms with Crippen molar-refractivity contribution in [2.24, 2.45) is 0 Å². The first-order chi connectivity index (χ1) is 15.0. The molecule has 0 unspecified atom stereocenters. The van der Waals surface area contributed by atoms with Crippen LogP contribution in [-0.4, -0.2) is 35.7 Å². The average molecular weight is 427 g/mol. The zero-order chi connectivity index (χ0) is 22.5. The summed E-state index contributed by atoms with van der Waals surface area (Å²) in [5, 5.41) is 14.7. The maximum absolute atomic E-state index is 12.1. The highest BCUT2D eigenvalue weighted by atomic mass is 16.5. The fraction of sp³-hybridized carbons (Fsp3) is 0.375. The maximum Gasteiger partial charge on any atom is 0.407 e. The number of hydrogen-bond donors (Lipinski definition) is 3. The predicted octanol–water partition coefficient (Wildman–Crippen LogP) is 3.59. The number of alkyl carbamates (subject to hydrolysis) is 1. The molecule has 0 radical (unpaired) electrons. The van der Waals surface area contributed by atoms with Crippen LogP contribution in [0.2, 0.25) is 0 Å². The third-order valence-corrected chi connectivity index (χ3v) is 4.88. The first-order valence-corrected chi connectivity index (χ1v) is 10.5. The monoisotopic (exact) mass is 426 g/mol. The van der Waals surface area contributed by atoms with Gasteiger partial charge in [-0.2, -0.15) is 0 Å². The fourth-order valence-electron chi connectivity index (χ4n) is 3.08. The van der Waals surface area contributed by atoms with Gasteiger partial charge in [0.1, 0.15) is 12.6 Å². The highest BCUT2D eigenvalue weighted by Crippen LogP contribution is 2.10. The summed E-state index contributed by atoms with van der Waals surface area (Å²) in [5.74, 6) is -1.33. The van der Waals surface area contributed by atoms with Crippen LogP contribution in [0.4, 0.5) is 4.79 Å². The van der Waals surface area contributed by atoms with Crippen molar-refractivity contribution in [2.75, 3.05) is 6.54 Å². The summed E-state index contributed by atoms with van der Waals surface area (Å²) < 4.78 is 5.13. The first kappa shape index (κ1) is 23.9. The van der Waals surface area contributed by atoms with Crippen LogP contribution in [-0.2, 0) is 27.4 Å². The number of unbranched alkanes of at least 4 members (excludes halogenated alkanes) is 2. The van der Waals surface area contributed by atoms with Crippen LogP contribution in [0.25, 0.3) is 0 Å². The number of benzene rings is 2. The van der Waals surface area contributed by atoms with Crippen molar-refractivity contribution in [3.05, 3.63) is 71.3 Å². The number of ether oxygens (including phenoxy) is 1. The minimum Gasteiger partial charge on any atom is -0.480 e. The SMILES string of the molecule is Cc1ccccc1C[C@@H](NC(=O)CCCCCNC(=O)OCc1ccccc1)C(=O)O. The molecule has 3 N–H and O–H groups in total. The summed E-state index contributed by atoms with van der Waals surface area (Å²) in [7, 11) is 0. The molecule has 0 heterocycles. The molecule has 0 aliphatic heterocycles. The van der Waals surface area contributed by atoms with Crippen molar-refractivity contribution in [3.8, 4) is 0 Å². The van der Waals surface area contributed by atoms with Crippen LogP contribution in [0.5, 0.6) is 0 Å². The van der Waals surface area contributed by atoms with Crippen molar-refractivity contribution in [1.29, 1.82) is 0 Å². The van der Waals surface area contributed by atoms with Crippen LogP contribution in [0.15, 0.2) is 54.6 Å². The molecule has 0 saturated carbocycles. The Morgan fingerprint density at radius 1 is 0.968 bits per heavy atom. The van der Waals surface area contributed by atoms with Gasteiger partial charge in [-0.1, -0.05) is 61.0 Å². The molecule has 1 atom stereocenters. The number of carbonyl (C=O) groups is 3. The van der Waals surface area contributed by atoms with E-state index in [2.05, 4.69) is 10.6 Å². The quantitative estimate of drug-likeness (QED) is 0.450. The molecular formula is C24H30N2O5. The van der Waals surface area contributed by atoms with Crippen molar-refractivity contribution < 1.29 is 24.2 Å². The fourth-order valence-corrected chi connectivity index (χ4v) is 3.08. The molecule has 0 fully saturated rings. The molecule has 31 heavy (non-hydrogen) atoms. The van der Waals surface area contributed by atoms with Crippen LogP contribution in [0.3, 0.4) is 0 Å². The number of carboxylic acids is 1. The number of hydrogen-bond acceptors (Lipinski definition) is 4. The van der Waals surface area contributed by atoms with E-state index in [1.54, 1.807) is 0 Å². The van der Waals surface area contributed by atoms with E-state index >= 15 is 0 Å². The van der Waals surface area contributed by atoms with Crippen LogP contribution in [0.1, 0.15) is 42.4 Å². The van der Waals surface area contributed by atoms with E-state index in [4.69, 9.17) is 4.74 Å². The van der Waals surface area contributed by atoms with Gasteiger partial charge < -0.3 is 20.5 Å². The lowest BCUT2D eigenvalue weighted by Gasteiger charge is -2.16. The van der Waals surface area contributed by atoms with Crippen molar-refractivity contribution >= 4 is 18.0 Å². The van der Waals surface area contributed by atoms with Crippen molar-refractivity contribution in [2.45, 2.75) is 51.7 Å². The Morgan fingerprint density at radius 2 is 1.68 bits per heavy atom. The van der Waals surface area contributed by atoms with E-state index in [1.165, 1.54) is 0 Å². The zero-order valence-corrected chi connectivity index (χ0v) is 17.8. The van der Waals surface area contributed by atoms with Gasteiger partial charge in [0.05, 0.1) is 0 Å². The lowest BCUT2D eigenvalue weighted by atomic mass is 10.0. The molecule has 0 bridgehead atoms. The molecule has 7 heteroatoms. The zero-order valence-electron chi connectivity index (χ0n) is 17.8. The van der Waals surface area contributed by atoms with Crippen LogP contribution in [0, 0.1) is 6.92 Å². The number of amides is 2. The molecule has 2 aromatic carbocycles. The molecule has 2 aromatic rings. The van der Waals surface area contributed by atoms with E-state index in [9.17, 15) is 19.5 Å². The minimum absolute atomic E-state index is 0.222. The molecule has 166 valence electrons. The normalized spacial score (nSPS) is 11.4. The Bertz CT molecular complexity index is 854. The lowest BCUT2D eigenvalue weighted by Crippen LogP contribution is -2.42. The number of rotatable bonds is 12.